The highest BCUT2D eigenvalue weighted by Gasteiger charge is 2.10. The first-order valence-electron chi connectivity index (χ1n) is 8.10. The van der Waals surface area contributed by atoms with Gasteiger partial charge in [-0.05, 0) is 58.0 Å². The van der Waals surface area contributed by atoms with Gasteiger partial charge in [-0.1, -0.05) is 42.5 Å². The van der Waals surface area contributed by atoms with Crippen LogP contribution in [0.3, 0.4) is 0 Å². The number of benzene rings is 2. The van der Waals surface area contributed by atoms with Crippen LogP contribution in [0.5, 0.6) is 0 Å². The van der Waals surface area contributed by atoms with Gasteiger partial charge in [-0.15, -0.1) is 5.10 Å². The monoisotopic (exact) mass is 454 g/mol. The van der Waals surface area contributed by atoms with Gasteiger partial charge in [-0.3, -0.25) is 4.79 Å². The Morgan fingerprint density at radius 2 is 1.69 bits per heavy atom. The molecule has 0 spiro atoms. The summed E-state index contributed by atoms with van der Waals surface area (Å²) in [7, 11) is 0. The van der Waals surface area contributed by atoms with Crippen molar-refractivity contribution in [3.8, 4) is 22.5 Å². The number of carbonyl (C=O) groups is 1. The quantitative estimate of drug-likeness (QED) is 0.363. The minimum atomic E-state index is -0.0781. The van der Waals surface area contributed by atoms with E-state index in [1.54, 1.807) is 0 Å². The number of rotatable bonds is 3. The third-order valence-electron chi connectivity index (χ3n) is 3.96. The molecule has 0 radical (unpaired) electrons. The number of nitrogens with one attached hydrogen (secondary N) is 1. The van der Waals surface area contributed by atoms with Crippen molar-refractivity contribution in [2.45, 2.75) is 6.92 Å². The summed E-state index contributed by atoms with van der Waals surface area (Å²) in [6.07, 6.45) is 0. The molecule has 0 aliphatic carbocycles. The van der Waals surface area contributed by atoms with Crippen LogP contribution in [0.4, 0.5) is 5.69 Å². The standard InChI is InChI=1S/C20H15IN4O/c1-13(26)22-17-9-7-14(8-10-17)16-11-18(21)25-19(12-16)23-20(24-25)15-5-3-2-4-6-15/h2-12H,1H3,(H,22,26). The van der Waals surface area contributed by atoms with Gasteiger partial charge < -0.3 is 5.32 Å². The van der Waals surface area contributed by atoms with Crippen molar-refractivity contribution in [3.63, 3.8) is 0 Å². The van der Waals surface area contributed by atoms with Gasteiger partial charge in [0.25, 0.3) is 0 Å². The van der Waals surface area contributed by atoms with Crippen LogP contribution in [0, 0.1) is 3.70 Å². The van der Waals surface area contributed by atoms with Gasteiger partial charge in [0.15, 0.2) is 11.5 Å². The molecule has 26 heavy (non-hydrogen) atoms. The lowest BCUT2D eigenvalue weighted by Crippen LogP contribution is -2.05. The summed E-state index contributed by atoms with van der Waals surface area (Å²) in [5.74, 6) is 0.632. The zero-order chi connectivity index (χ0) is 18.1. The number of aromatic nitrogens is 3. The molecule has 128 valence electrons. The Labute approximate surface area is 164 Å². The van der Waals surface area contributed by atoms with Gasteiger partial charge in [0.1, 0.15) is 3.70 Å². The molecule has 2 aromatic carbocycles. The lowest BCUT2D eigenvalue weighted by atomic mass is 10.1. The Morgan fingerprint density at radius 1 is 0.962 bits per heavy atom. The molecule has 0 saturated heterocycles. The summed E-state index contributed by atoms with van der Waals surface area (Å²) in [5.41, 5.74) is 4.70. The van der Waals surface area contributed by atoms with E-state index in [-0.39, 0.29) is 5.91 Å². The number of pyridine rings is 1. The van der Waals surface area contributed by atoms with Crippen LogP contribution in [0.1, 0.15) is 6.92 Å². The summed E-state index contributed by atoms with van der Waals surface area (Å²) >= 11 is 2.27. The summed E-state index contributed by atoms with van der Waals surface area (Å²) in [4.78, 5) is 15.8. The van der Waals surface area contributed by atoms with Crippen molar-refractivity contribution < 1.29 is 4.79 Å². The predicted octanol–water partition coefficient (Wildman–Crippen LogP) is 4.63. The summed E-state index contributed by atoms with van der Waals surface area (Å²) < 4.78 is 2.83. The first-order valence-corrected chi connectivity index (χ1v) is 9.18. The lowest BCUT2D eigenvalue weighted by Gasteiger charge is -2.06. The van der Waals surface area contributed by atoms with Crippen molar-refractivity contribution in [2.24, 2.45) is 0 Å². The van der Waals surface area contributed by atoms with Crippen LogP contribution in [0.2, 0.25) is 0 Å². The van der Waals surface area contributed by atoms with Crippen molar-refractivity contribution in [1.82, 2.24) is 14.6 Å². The molecule has 6 heteroatoms. The minimum absolute atomic E-state index is 0.0781. The number of carbonyl (C=O) groups excluding carboxylic acids is 1. The number of hydrogen-bond acceptors (Lipinski definition) is 3. The molecular weight excluding hydrogens is 439 g/mol. The highest BCUT2D eigenvalue weighted by molar-refractivity contribution is 14.1. The highest BCUT2D eigenvalue weighted by atomic mass is 127. The topological polar surface area (TPSA) is 59.3 Å². The number of fused-ring (bicyclic) bond motifs is 1. The van der Waals surface area contributed by atoms with E-state index < -0.39 is 0 Å². The number of amides is 1. The highest BCUT2D eigenvalue weighted by Crippen LogP contribution is 2.26. The van der Waals surface area contributed by atoms with Crippen LogP contribution in [-0.4, -0.2) is 20.5 Å². The Morgan fingerprint density at radius 3 is 2.38 bits per heavy atom. The maximum absolute atomic E-state index is 11.1. The predicted molar refractivity (Wildman–Crippen MR) is 111 cm³/mol. The molecule has 1 amide bonds. The maximum Gasteiger partial charge on any atom is 0.221 e. The van der Waals surface area contributed by atoms with Crippen LogP contribution >= 0.6 is 22.6 Å². The third kappa shape index (κ3) is 3.32. The average Bonchev–Trinajstić information content (AvgIpc) is 3.07. The normalized spacial score (nSPS) is 10.8. The van der Waals surface area contributed by atoms with E-state index in [0.29, 0.717) is 5.82 Å². The zero-order valence-electron chi connectivity index (χ0n) is 14.0. The van der Waals surface area contributed by atoms with Gasteiger partial charge in [-0.2, -0.15) is 0 Å². The molecule has 4 aromatic rings. The Bertz CT molecular complexity index is 1090. The third-order valence-corrected chi connectivity index (χ3v) is 4.73. The molecule has 0 atom stereocenters. The van der Waals surface area contributed by atoms with E-state index in [1.165, 1.54) is 6.92 Å². The molecule has 4 rings (SSSR count). The van der Waals surface area contributed by atoms with Gasteiger partial charge in [0.05, 0.1) is 0 Å². The van der Waals surface area contributed by atoms with Gasteiger partial charge in [-0.25, -0.2) is 9.50 Å². The summed E-state index contributed by atoms with van der Waals surface area (Å²) in [5, 5.41) is 7.39. The fraction of sp³-hybridized carbons (Fsp3) is 0.0500. The lowest BCUT2D eigenvalue weighted by molar-refractivity contribution is -0.114. The molecule has 2 heterocycles. The maximum atomic E-state index is 11.1. The van der Waals surface area contributed by atoms with Crippen LogP contribution in [-0.2, 0) is 4.79 Å². The molecule has 0 aliphatic rings. The van der Waals surface area contributed by atoms with Gasteiger partial charge in [0, 0.05) is 18.2 Å². The van der Waals surface area contributed by atoms with Crippen molar-refractivity contribution in [1.29, 1.82) is 0 Å². The largest absolute Gasteiger partial charge is 0.326 e. The number of anilines is 1. The van der Waals surface area contributed by atoms with Gasteiger partial charge >= 0.3 is 0 Å². The number of nitrogens with zero attached hydrogens (tertiary/aromatic N) is 3. The zero-order valence-corrected chi connectivity index (χ0v) is 16.1. The molecule has 0 fully saturated rings. The van der Waals surface area contributed by atoms with Crippen molar-refractivity contribution >= 4 is 39.8 Å². The molecule has 2 aromatic heterocycles. The number of hydrogen-bond donors (Lipinski definition) is 1. The molecule has 1 N–H and O–H groups in total. The first kappa shape index (κ1) is 16.7. The molecule has 0 aliphatic heterocycles. The molecule has 0 unspecified atom stereocenters. The molecule has 0 saturated carbocycles. The summed E-state index contributed by atoms with van der Waals surface area (Å²) in [6, 6.07) is 21.8. The van der Waals surface area contributed by atoms with Crippen LogP contribution < -0.4 is 5.32 Å². The second kappa shape index (κ2) is 6.87. The van der Waals surface area contributed by atoms with E-state index in [4.69, 9.17) is 0 Å². The van der Waals surface area contributed by atoms with Crippen molar-refractivity contribution in [3.05, 3.63) is 70.4 Å². The fourth-order valence-corrected chi connectivity index (χ4v) is 3.46. The van der Waals surface area contributed by atoms with E-state index in [0.717, 1.165) is 31.7 Å². The SMILES string of the molecule is CC(=O)Nc1ccc(-c2cc(I)n3nc(-c4ccccc4)nc3c2)cc1. The summed E-state index contributed by atoms with van der Waals surface area (Å²) in [6.45, 7) is 1.50. The average molecular weight is 454 g/mol. The molecule has 0 bridgehead atoms. The fourth-order valence-electron chi connectivity index (χ4n) is 2.77. The van der Waals surface area contributed by atoms with E-state index in [9.17, 15) is 4.79 Å². The molecular formula is C20H15IN4O. The van der Waals surface area contributed by atoms with Crippen LogP contribution in [0.15, 0.2) is 66.7 Å². The Balaban J connectivity index is 1.74. The second-order valence-electron chi connectivity index (χ2n) is 5.90. The Kier molecular flexibility index (Phi) is 4.42. The van der Waals surface area contributed by atoms with Crippen molar-refractivity contribution in [2.75, 3.05) is 5.32 Å². The Hall–Kier alpha value is -2.74. The van der Waals surface area contributed by atoms with E-state index in [2.05, 4.69) is 44.1 Å². The number of halogens is 1. The second-order valence-corrected chi connectivity index (χ2v) is 7.00. The van der Waals surface area contributed by atoms with E-state index in [1.807, 2.05) is 65.2 Å². The van der Waals surface area contributed by atoms with E-state index >= 15 is 0 Å². The minimum Gasteiger partial charge on any atom is -0.326 e. The van der Waals surface area contributed by atoms with Crippen LogP contribution in [0.25, 0.3) is 28.2 Å². The van der Waals surface area contributed by atoms with Gasteiger partial charge in [0.2, 0.25) is 5.91 Å². The first-order chi connectivity index (χ1) is 12.6. The smallest absolute Gasteiger partial charge is 0.221 e. The molecule has 5 nitrogen and oxygen atoms in total.